The van der Waals surface area contributed by atoms with Gasteiger partial charge in [-0.1, -0.05) is 41.9 Å². The number of sulfonamides is 1. The average molecular weight is 551 g/mol. The van der Waals surface area contributed by atoms with E-state index in [0.717, 1.165) is 23.4 Å². The monoisotopic (exact) mass is 550 g/mol. The molecule has 1 aromatic heterocycles. The maximum atomic E-state index is 13.4. The third-order valence-electron chi connectivity index (χ3n) is 6.57. The van der Waals surface area contributed by atoms with E-state index in [2.05, 4.69) is 19.9 Å². The van der Waals surface area contributed by atoms with Crippen molar-refractivity contribution in [3.05, 3.63) is 89.6 Å². The SMILES string of the molecule is COc1ccccc1N1CCNC(C(=O)c2ccc(NS(=O)(=O)c3cccc4cccnc34)cc2Cl)CC1. The van der Waals surface area contributed by atoms with Gasteiger partial charge >= 0.3 is 0 Å². The second kappa shape index (κ2) is 11.0. The number of anilines is 2. The molecule has 8 nitrogen and oxygen atoms in total. The van der Waals surface area contributed by atoms with Crippen LogP contribution in [0.25, 0.3) is 10.9 Å². The van der Waals surface area contributed by atoms with Crippen molar-refractivity contribution in [1.29, 1.82) is 0 Å². The van der Waals surface area contributed by atoms with E-state index in [1.54, 1.807) is 49.7 Å². The first-order chi connectivity index (χ1) is 18.4. The molecule has 0 radical (unpaired) electrons. The zero-order valence-electron chi connectivity index (χ0n) is 20.7. The highest BCUT2D eigenvalue weighted by molar-refractivity contribution is 7.93. The molecule has 5 rings (SSSR count). The molecular formula is C28H27ClN4O4S. The predicted octanol–water partition coefficient (Wildman–Crippen LogP) is 4.75. The summed E-state index contributed by atoms with van der Waals surface area (Å²) in [6.07, 6.45) is 2.13. The summed E-state index contributed by atoms with van der Waals surface area (Å²) in [4.78, 5) is 19.9. The van der Waals surface area contributed by atoms with E-state index in [0.29, 0.717) is 30.6 Å². The number of pyridine rings is 1. The largest absolute Gasteiger partial charge is 0.495 e. The lowest BCUT2D eigenvalue weighted by Crippen LogP contribution is -2.37. The maximum absolute atomic E-state index is 13.4. The van der Waals surface area contributed by atoms with Gasteiger partial charge in [-0.05, 0) is 48.9 Å². The highest BCUT2D eigenvalue weighted by Gasteiger charge is 2.26. The minimum Gasteiger partial charge on any atom is -0.495 e. The first kappa shape index (κ1) is 26.0. The Balaban J connectivity index is 1.31. The van der Waals surface area contributed by atoms with Gasteiger partial charge in [0.15, 0.2) is 5.78 Å². The summed E-state index contributed by atoms with van der Waals surface area (Å²) in [5, 5.41) is 4.22. The van der Waals surface area contributed by atoms with Crippen molar-refractivity contribution in [3.63, 3.8) is 0 Å². The predicted molar refractivity (Wildman–Crippen MR) is 150 cm³/mol. The molecule has 0 spiro atoms. The fourth-order valence-electron chi connectivity index (χ4n) is 4.70. The molecule has 1 aliphatic rings. The van der Waals surface area contributed by atoms with Gasteiger partial charge < -0.3 is 15.0 Å². The van der Waals surface area contributed by atoms with Crippen molar-refractivity contribution < 1.29 is 17.9 Å². The summed E-state index contributed by atoms with van der Waals surface area (Å²) >= 11 is 6.50. The molecule has 1 atom stereocenters. The van der Waals surface area contributed by atoms with Gasteiger partial charge in [-0.3, -0.25) is 14.5 Å². The molecule has 1 aliphatic heterocycles. The van der Waals surface area contributed by atoms with Gasteiger partial charge in [0.2, 0.25) is 0 Å². The molecule has 10 heteroatoms. The van der Waals surface area contributed by atoms with Crippen molar-refractivity contribution in [2.45, 2.75) is 17.4 Å². The second-order valence-corrected chi connectivity index (χ2v) is 11.0. The number of ketones is 1. The van der Waals surface area contributed by atoms with Crippen LogP contribution in [0.2, 0.25) is 5.02 Å². The van der Waals surface area contributed by atoms with Crippen LogP contribution in [0.4, 0.5) is 11.4 Å². The quantitative estimate of drug-likeness (QED) is 0.320. The van der Waals surface area contributed by atoms with E-state index < -0.39 is 16.1 Å². The lowest BCUT2D eigenvalue weighted by molar-refractivity contribution is 0.0942. The minimum absolute atomic E-state index is 0.0640. The van der Waals surface area contributed by atoms with Crippen LogP contribution < -0.4 is 19.7 Å². The Morgan fingerprint density at radius 2 is 1.89 bits per heavy atom. The smallest absolute Gasteiger partial charge is 0.264 e. The number of fused-ring (bicyclic) bond motifs is 1. The molecule has 3 aromatic carbocycles. The van der Waals surface area contributed by atoms with E-state index in [9.17, 15) is 13.2 Å². The van der Waals surface area contributed by atoms with Crippen LogP contribution in [0.1, 0.15) is 16.8 Å². The zero-order valence-corrected chi connectivity index (χ0v) is 22.3. The molecule has 2 heterocycles. The van der Waals surface area contributed by atoms with Crippen LogP contribution in [0.5, 0.6) is 5.75 Å². The fourth-order valence-corrected chi connectivity index (χ4v) is 6.20. The van der Waals surface area contributed by atoms with E-state index in [1.165, 1.54) is 12.1 Å². The molecule has 0 amide bonds. The Labute approximate surface area is 226 Å². The molecule has 2 N–H and O–H groups in total. The van der Waals surface area contributed by atoms with E-state index in [-0.39, 0.29) is 21.4 Å². The average Bonchev–Trinajstić information content (AvgIpc) is 3.18. The highest BCUT2D eigenvalue weighted by Crippen LogP contribution is 2.30. The summed E-state index contributed by atoms with van der Waals surface area (Å²) in [6.45, 7) is 2.00. The topological polar surface area (TPSA) is 101 Å². The number of aromatic nitrogens is 1. The van der Waals surface area contributed by atoms with Crippen LogP contribution >= 0.6 is 11.6 Å². The summed E-state index contributed by atoms with van der Waals surface area (Å²) < 4.78 is 34.3. The highest BCUT2D eigenvalue weighted by atomic mass is 35.5. The first-order valence-electron chi connectivity index (χ1n) is 12.2. The van der Waals surface area contributed by atoms with Gasteiger partial charge in [-0.15, -0.1) is 0 Å². The van der Waals surface area contributed by atoms with Crippen molar-refractivity contribution in [2.75, 3.05) is 36.4 Å². The Bertz CT molecular complexity index is 1590. The van der Waals surface area contributed by atoms with Crippen molar-refractivity contribution >= 4 is 49.7 Å². The number of rotatable bonds is 7. The van der Waals surface area contributed by atoms with Gasteiger partial charge in [0.25, 0.3) is 10.0 Å². The number of nitrogens with zero attached hydrogens (tertiary/aromatic N) is 2. The lowest BCUT2D eigenvalue weighted by Gasteiger charge is -2.24. The standard InChI is InChI=1S/C28H27ClN4O4S/c1-37-25-9-3-2-8-24(25)33-16-13-23(30-15-17-33)28(34)21-12-11-20(18-22(21)29)32-38(35,36)26-10-4-6-19-7-5-14-31-27(19)26/h2-12,14,18,23,30,32H,13,15-17H2,1H3. The molecule has 0 aliphatic carbocycles. The van der Waals surface area contributed by atoms with Gasteiger partial charge in [-0.2, -0.15) is 0 Å². The zero-order chi connectivity index (χ0) is 26.7. The number of benzene rings is 3. The Hall–Kier alpha value is -3.66. The summed E-state index contributed by atoms with van der Waals surface area (Å²) in [5.74, 6) is 0.655. The van der Waals surface area contributed by atoms with Gasteiger partial charge in [0.05, 0.1) is 35.1 Å². The van der Waals surface area contributed by atoms with Gasteiger partial charge in [0.1, 0.15) is 10.6 Å². The normalized spacial score (nSPS) is 16.2. The molecule has 196 valence electrons. The van der Waals surface area contributed by atoms with Crippen LogP contribution in [-0.2, 0) is 10.0 Å². The summed E-state index contributed by atoms with van der Waals surface area (Å²) in [7, 11) is -2.29. The van der Waals surface area contributed by atoms with E-state index in [1.807, 2.05) is 24.3 Å². The summed E-state index contributed by atoms with van der Waals surface area (Å²) in [5.41, 5.74) is 1.96. The third kappa shape index (κ3) is 5.31. The maximum Gasteiger partial charge on any atom is 0.264 e. The van der Waals surface area contributed by atoms with Crippen molar-refractivity contribution in [2.24, 2.45) is 0 Å². The number of carbonyl (C=O) groups is 1. The Morgan fingerprint density at radius 3 is 2.71 bits per heavy atom. The molecule has 1 saturated heterocycles. The number of hydrogen-bond donors (Lipinski definition) is 2. The van der Waals surface area contributed by atoms with Crippen molar-refractivity contribution in [3.8, 4) is 5.75 Å². The second-order valence-electron chi connectivity index (χ2n) is 8.95. The van der Waals surface area contributed by atoms with Crippen LogP contribution in [0, 0.1) is 0 Å². The first-order valence-corrected chi connectivity index (χ1v) is 14.0. The number of carbonyl (C=O) groups excluding carboxylic acids is 1. The van der Waals surface area contributed by atoms with Crippen LogP contribution in [0.3, 0.4) is 0 Å². The van der Waals surface area contributed by atoms with Gasteiger partial charge in [-0.25, -0.2) is 8.42 Å². The van der Waals surface area contributed by atoms with E-state index in [4.69, 9.17) is 16.3 Å². The van der Waals surface area contributed by atoms with E-state index >= 15 is 0 Å². The summed E-state index contributed by atoms with van der Waals surface area (Å²) in [6, 6.07) is 20.5. The molecule has 0 bridgehead atoms. The Morgan fingerprint density at radius 1 is 1.08 bits per heavy atom. The molecule has 4 aromatic rings. The number of hydrogen-bond acceptors (Lipinski definition) is 7. The van der Waals surface area contributed by atoms with Crippen LogP contribution in [-0.4, -0.2) is 52.0 Å². The molecule has 38 heavy (non-hydrogen) atoms. The molecular weight excluding hydrogens is 524 g/mol. The lowest BCUT2D eigenvalue weighted by atomic mass is 10.0. The van der Waals surface area contributed by atoms with Crippen LogP contribution in [0.15, 0.2) is 83.9 Å². The molecule has 1 unspecified atom stereocenters. The third-order valence-corrected chi connectivity index (χ3v) is 8.30. The number of para-hydroxylation sites is 3. The minimum atomic E-state index is -3.94. The molecule has 1 fully saturated rings. The fraction of sp³-hybridized carbons (Fsp3) is 0.214. The number of Topliss-reactive ketones (excluding diaryl/α,β-unsaturated/α-hetero) is 1. The number of nitrogens with one attached hydrogen (secondary N) is 2. The Kier molecular flexibility index (Phi) is 7.51. The number of halogens is 1. The number of ether oxygens (including phenoxy) is 1. The van der Waals surface area contributed by atoms with Crippen molar-refractivity contribution in [1.82, 2.24) is 10.3 Å². The number of methoxy groups -OCH3 is 1. The molecule has 0 saturated carbocycles. The van der Waals surface area contributed by atoms with Gasteiger partial charge in [0, 0.05) is 36.8 Å².